The Kier molecular flexibility index (Phi) is 4.93. The number of benzene rings is 1. The fourth-order valence-electron chi connectivity index (χ4n) is 2.88. The van der Waals surface area contributed by atoms with Crippen LogP contribution in [-0.4, -0.2) is 38.1 Å². The number of esters is 1. The molecular formula is C16H18F4O4S. The zero-order valence-electron chi connectivity index (χ0n) is 13.8. The third-order valence-electron chi connectivity index (χ3n) is 4.30. The molecule has 0 amide bonds. The molecule has 0 aromatic heterocycles. The quantitative estimate of drug-likeness (QED) is 0.593. The van der Waals surface area contributed by atoms with Crippen molar-refractivity contribution in [3.63, 3.8) is 0 Å². The summed E-state index contributed by atoms with van der Waals surface area (Å²) in [4.78, 5) is 11.4. The Morgan fingerprint density at radius 1 is 1.20 bits per heavy atom. The third-order valence-corrected chi connectivity index (χ3v) is 6.08. The second-order valence-electron chi connectivity index (χ2n) is 6.52. The van der Waals surface area contributed by atoms with Crippen LogP contribution in [0.3, 0.4) is 0 Å². The Balaban J connectivity index is 2.48. The lowest BCUT2D eigenvalue weighted by Crippen LogP contribution is -2.53. The van der Waals surface area contributed by atoms with Crippen molar-refractivity contribution in [2.45, 2.75) is 43.6 Å². The molecule has 4 nitrogen and oxygen atoms in total. The number of carbonyl (C=O) groups excluding carboxylic acids is 1. The highest BCUT2D eigenvalue weighted by molar-refractivity contribution is 7.91. The normalized spacial score (nSPS) is 27.6. The van der Waals surface area contributed by atoms with Crippen molar-refractivity contribution in [1.29, 1.82) is 0 Å². The van der Waals surface area contributed by atoms with E-state index in [-0.39, 0.29) is 4.90 Å². The van der Waals surface area contributed by atoms with Gasteiger partial charge in [-0.25, -0.2) is 17.6 Å². The van der Waals surface area contributed by atoms with Crippen LogP contribution < -0.4 is 0 Å². The highest BCUT2D eigenvalue weighted by Gasteiger charge is 2.74. The van der Waals surface area contributed by atoms with Crippen molar-refractivity contribution >= 4 is 15.8 Å². The fourth-order valence-corrected chi connectivity index (χ4v) is 4.52. The van der Waals surface area contributed by atoms with Gasteiger partial charge in [-0.15, -0.1) is 0 Å². The summed E-state index contributed by atoms with van der Waals surface area (Å²) in [5.41, 5.74) is -3.59. The predicted molar refractivity (Wildman–Crippen MR) is 81.3 cm³/mol. The van der Waals surface area contributed by atoms with Gasteiger partial charge in [-0.3, -0.25) is 0 Å². The molecule has 1 aliphatic heterocycles. The van der Waals surface area contributed by atoms with E-state index in [1.807, 2.05) is 0 Å². The van der Waals surface area contributed by atoms with Crippen molar-refractivity contribution in [3.8, 4) is 0 Å². The van der Waals surface area contributed by atoms with Crippen LogP contribution in [0.25, 0.3) is 0 Å². The van der Waals surface area contributed by atoms with E-state index < -0.39 is 51.3 Å². The van der Waals surface area contributed by atoms with Crippen LogP contribution in [0.15, 0.2) is 29.2 Å². The highest BCUT2D eigenvalue weighted by atomic mass is 32.2. The standard InChI is InChI=1S/C16H18F4O4S/c1-9(2)13-12(15(17,14(21)24-13)16(18,19)20)8-25(22,23)11-6-4-10(3)5-7-11/h4-7,9,12-13H,8H2,1-3H3. The number of ether oxygens (including phenoxy) is 1. The fraction of sp³-hybridized carbons (Fsp3) is 0.562. The van der Waals surface area contributed by atoms with Crippen molar-refractivity contribution in [2.24, 2.45) is 11.8 Å². The molecule has 140 valence electrons. The van der Waals surface area contributed by atoms with Crippen LogP contribution in [0.2, 0.25) is 0 Å². The molecule has 1 aromatic carbocycles. The van der Waals surface area contributed by atoms with Gasteiger partial charge in [0.05, 0.1) is 16.6 Å². The molecule has 0 aliphatic carbocycles. The molecule has 0 saturated carbocycles. The van der Waals surface area contributed by atoms with Gasteiger partial charge in [0.25, 0.3) is 0 Å². The second kappa shape index (κ2) is 6.26. The summed E-state index contributed by atoms with van der Waals surface area (Å²) in [6.45, 7) is 4.59. The first kappa shape index (κ1) is 19.7. The largest absolute Gasteiger partial charge is 0.459 e. The summed E-state index contributed by atoms with van der Waals surface area (Å²) in [7, 11) is -4.25. The van der Waals surface area contributed by atoms with Crippen LogP contribution in [-0.2, 0) is 19.4 Å². The van der Waals surface area contributed by atoms with Gasteiger partial charge < -0.3 is 4.74 Å². The van der Waals surface area contributed by atoms with Gasteiger partial charge in [-0.1, -0.05) is 31.5 Å². The predicted octanol–water partition coefficient (Wildman–Crippen LogP) is 3.24. The van der Waals surface area contributed by atoms with Crippen molar-refractivity contribution in [3.05, 3.63) is 29.8 Å². The number of rotatable bonds is 4. The van der Waals surface area contributed by atoms with E-state index in [2.05, 4.69) is 4.74 Å². The molecule has 25 heavy (non-hydrogen) atoms. The number of alkyl halides is 4. The molecule has 1 fully saturated rings. The van der Waals surface area contributed by atoms with Gasteiger partial charge in [0.2, 0.25) is 0 Å². The number of hydrogen-bond donors (Lipinski definition) is 0. The van der Waals surface area contributed by atoms with E-state index in [0.717, 1.165) is 5.56 Å². The molecular weight excluding hydrogens is 364 g/mol. The summed E-state index contributed by atoms with van der Waals surface area (Å²) < 4.78 is 84.0. The minimum Gasteiger partial charge on any atom is -0.459 e. The van der Waals surface area contributed by atoms with E-state index in [1.165, 1.54) is 38.1 Å². The first-order valence-corrected chi connectivity index (χ1v) is 9.22. The summed E-state index contributed by atoms with van der Waals surface area (Å²) in [6, 6.07) is 5.44. The zero-order chi connectivity index (χ0) is 19.2. The average Bonchev–Trinajstić information content (AvgIpc) is 2.73. The number of sulfone groups is 1. The molecule has 1 aromatic rings. The smallest absolute Gasteiger partial charge is 0.433 e. The molecule has 1 saturated heterocycles. The third kappa shape index (κ3) is 3.38. The summed E-state index contributed by atoms with van der Waals surface area (Å²) in [5, 5.41) is 0. The number of aryl methyl sites for hydroxylation is 1. The highest BCUT2D eigenvalue weighted by Crippen LogP contribution is 2.49. The maximum absolute atomic E-state index is 14.7. The van der Waals surface area contributed by atoms with Gasteiger partial charge in [0, 0.05) is 0 Å². The van der Waals surface area contributed by atoms with Gasteiger partial charge in [0.15, 0.2) is 9.84 Å². The van der Waals surface area contributed by atoms with Crippen molar-refractivity contribution in [1.82, 2.24) is 0 Å². The van der Waals surface area contributed by atoms with Crippen LogP contribution in [0.4, 0.5) is 17.6 Å². The number of halogens is 4. The van der Waals surface area contributed by atoms with Gasteiger partial charge in [-0.2, -0.15) is 13.2 Å². The number of cyclic esters (lactones) is 1. The van der Waals surface area contributed by atoms with Crippen LogP contribution in [0, 0.1) is 18.8 Å². The van der Waals surface area contributed by atoms with E-state index in [1.54, 1.807) is 6.92 Å². The van der Waals surface area contributed by atoms with Gasteiger partial charge in [0.1, 0.15) is 6.10 Å². The maximum Gasteiger partial charge on any atom is 0.433 e. The molecule has 1 heterocycles. The molecule has 3 atom stereocenters. The Bertz CT molecular complexity index is 755. The van der Waals surface area contributed by atoms with Gasteiger partial charge in [-0.05, 0) is 25.0 Å². The Morgan fingerprint density at radius 3 is 2.16 bits per heavy atom. The molecule has 3 unspecified atom stereocenters. The summed E-state index contributed by atoms with van der Waals surface area (Å²) >= 11 is 0. The Morgan fingerprint density at radius 2 is 1.72 bits per heavy atom. The van der Waals surface area contributed by atoms with Crippen LogP contribution in [0.5, 0.6) is 0 Å². The molecule has 0 N–H and O–H groups in total. The lowest BCUT2D eigenvalue weighted by Gasteiger charge is -2.28. The van der Waals surface area contributed by atoms with Crippen molar-refractivity contribution < 1.29 is 35.5 Å². The maximum atomic E-state index is 14.7. The summed E-state index contributed by atoms with van der Waals surface area (Å²) in [5.74, 6) is -6.11. The Hall–Kier alpha value is -1.64. The number of hydrogen-bond acceptors (Lipinski definition) is 4. The SMILES string of the molecule is Cc1ccc(S(=O)(=O)CC2C(C(C)C)OC(=O)C2(F)C(F)(F)F)cc1. The molecule has 9 heteroatoms. The minimum atomic E-state index is -5.57. The lowest BCUT2D eigenvalue weighted by molar-refractivity contribution is -0.235. The summed E-state index contributed by atoms with van der Waals surface area (Å²) in [6.07, 6.45) is -7.05. The zero-order valence-corrected chi connectivity index (χ0v) is 14.6. The van der Waals surface area contributed by atoms with E-state index in [4.69, 9.17) is 0 Å². The molecule has 0 radical (unpaired) electrons. The molecule has 0 bridgehead atoms. The van der Waals surface area contributed by atoms with E-state index in [9.17, 15) is 30.8 Å². The molecule has 1 aliphatic rings. The first-order chi connectivity index (χ1) is 11.3. The van der Waals surface area contributed by atoms with Crippen molar-refractivity contribution in [2.75, 3.05) is 5.75 Å². The molecule has 2 rings (SSSR count). The van der Waals surface area contributed by atoms with E-state index >= 15 is 0 Å². The average molecular weight is 382 g/mol. The van der Waals surface area contributed by atoms with Crippen LogP contribution >= 0.6 is 0 Å². The first-order valence-electron chi connectivity index (χ1n) is 7.57. The monoisotopic (exact) mass is 382 g/mol. The molecule has 0 spiro atoms. The topological polar surface area (TPSA) is 60.4 Å². The Labute approximate surface area is 143 Å². The minimum absolute atomic E-state index is 0.232. The number of carbonyl (C=O) groups is 1. The second-order valence-corrected chi connectivity index (χ2v) is 8.56. The van der Waals surface area contributed by atoms with Gasteiger partial charge >= 0.3 is 17.8 Å². The van der Waals surface area contributed by atoms with Crippen LogP contribution in [0.1, 0.15) is 19.4 Å². The lowest BCUT2D eigenvalue weighted by atomic mass is 9.84. The van der Waals surface area contributed by atoms with E-state index in [0.29, 0.717) is 0 Å².